The maximum absolute atomic E-state index is 12.3. The summed E-state index contributed by atoms with van der Waals surface area (Å²) in [6.07, 6.45) is 0. The van der Waals surface area contributed by atoms with Crippen LogP contribution in [0.5, 0.6) is 0 Å². The van der Waals surface area contributed by atoms with E-state index in [1.165, 1.54) is 0 Å². The van der Waals surface area contributed by atoms with Crippen LogP contribution in [0.1, 0.15) is 12.5 Å². The standard InChI is InChI=1S/C15H20N4O/c1-12(19-9-7-18(2)8-10-19)15(20)17-14-6-4-3-5-13(14)11-16/h3-6,12H,7-10H2,1-2H3,(H,17,20)/t12-/m0/s1. The number of nitrogens with one attached hydrogen (secondary N) is 1. The lowest BCUT2D eigenvalue weighted by molar-refractivity contribution is -0.121. The van der Waals surface area contributed by atoms with Crippen LogP contribution in [0.2, 0.25) is 0 Å². The van der Waals surface area contributed by atoms with Crippen molar-refractivity contribution in [1.29, 1.82) is 5.26 Å². The second kappa shape index (κ2) is 6.51. The summed E-state index contributed by atoms with van der Waals surface area (Å²) < 4.78 is 0. The van der Waals surface area contributed by atoms with Gasteiger partial charge in [0.15, 0.2) is 0 Å². The number of hydrogen-bond donors (Lipinski definition) is 1. The Morgan fingerprint density at radius 1 is 1.30 bits per heavy atom. The topological polar surface area (TPSA) is 59.4 Å². The number of anilines is 1. The molecule has 0 aromatic heterocycles. The van der Waals surface area contributed by atoms with E-state index in [4.69, 9.17) is 5.26 Å². The number of likely N-dealkylation sites (N-methyl/N-ethyl adjacent to an activating group) is 1. The van der Waals surface area contributed by atoms with Crippen LogP contribution in [0, 0.1) is 11.3 Å². The summed E-state index contributed by atoms with van der Waals surface area (Å²) in [5.41, 5.74) is 1.08. The lowest BCUT2D eigenvalue weighted by atomic mass is 10.1. The molecule has 20 heavy (non-hydrogen) atoms. The first-order valence-electron chi connectivity index (χ1n) is 6.84. The summed E-state index contributed by atoms with van der Waals surface area (Å²) in [6, 6.07) is 8.97. The molecule has 0 radical (unpaired) electrons. The lowest BCUT2D eigenvalue weighted by Crippen LogP contribution is -2.51. The minimum Gasteiger partial charge on any atom is -0.324 e. The highest BCUT2D eigenvalue weighted by Gasteiger charge is 2.24. The molecule has 1 aromatic rings. The highest BCUT2D eigenvalue weighted by atomic mass is 16.2. The van der Waals surface area contributed by atoms with E-state index in [1.54, 1.807) is 18.2 Å². The van der Waals surface area contributed by atoms with Crippen LogP contribution in [0.25, 0.3) is 0 Å². The molecule has 1 aliphatic heterocycles. The molecule has 1 saturated heterocycles. The van der Waals surface area contributed by atoms with Crippen molar-refractivity contribution in [3.63, 3.8) is 0 Å². The maximum Gasteiger partial charge on any atom is 0.241 e. The molecule has 106 valence electrons. The number of benzene rings is 1. The van der Waals surface area contributed by atoms with Crippen molar-refractivity contribution in [3.05, 3.63) is 29.8 Å². The summed E-state index contributed by atoms with van der Waals surface area (Å²) in [5, 5.41) is 11.9. The fraction of sp³-hybridized carbons (Fsp3) is 0.467. The minimum atomic E-state index is -0.185. The fourth-order valence-electron chi connectivity index (χ4n) is 2.30. The number of carbonyl (C=O) groups excluding carboxylic acids is 1. The first-order valence-corrected chi connectivity index (χ1v) is 6.84. The van der Waals surface area contributed by atoms with Crippen molar-refractivity contribution in [1.82, 2.24) is 9.80 Å². The molecule has 5 nitrogen and oxygen atoms in total. The van der Waals surface area contributed by atoms with E-state index in [-0.39, 0.29) is 11.9 Å². The van der Waals surface area contributed by atoms with Crippen molar-refractivity contribution in [2.75, 3.05) is 38.5 Å². The van der Waals surface area contributed by atoms with Crippen LogP contribution in [-0.2, 0) is 4.79 Å². The molecule has 1 heterocycles. The second-order valence-electron chi connectivity index (χ2n) is 5.16. The monoisotopic (exact) mass is 272 g/mol. The fourth-order valence-corrected chi connectivity index (χ4v) is 2.30. The number of para-hydroxylation sites is 1. The number of amides is 1. The van der Waals surface area contributed by atoms with Gasteiger partial charge in [-0.3, -0.25) is 9.69 Å². The van der Waals surface area contributed by atoms with Crippen molar-refractivity contribution in [3.8, 4) is 6.07 Å². The lowest BCUT2D eigenvalue weighted by Gasteiger charge is -2.35. The Hall–Kier alpha value is -1.90. The van der Waals surface area contributed by atoms with Crippen LogP contribution in [0.15, 0.2) is 24.3 Å². The second-order valence-corrected chi connectivity index (χ2v) is 5.16. The largest absolute Gasteiger partial charge is 0.324 e. The van der Waals surface area contributed by atoms with E-state index in [0.717, 1.165) is 26.2 Å². The van der Waals surface area contributed by atoms with Crippen LogP contribution in [-0.4, -0.2) is 55.0 Å². The Bertz CT molecular complexity index is 515. The summed E-state index contributed by atoms with van der Waals surface area (Å²) in [7, 11) is 2.09. The molecule has 1 aromatic carbocycles. The van der Waals surface area contributed by atoms with Crippen molar-refractivity contribution in [2.24, 2.45) is 0 Å². The third kappa shape index (κ3) is 3.35. The molecular formula is C15H20N4O. The van der Waals surface area contributed by atoms with Gasteiger partial charge >= 0.3 is 0 Å². The van der Waals surface area contributed by atoms with Gasteiger partial charge in [0.05, 0.1) is 17.3 Å². The smallest absolute Gasteiger partial charge is 0.241 e. The van der Waals surface area contributed by atoms with Gasteiger partial charge in [-0.1, -0.05) is 12.1 Å². The molecule has 1 aliphatic rings. The van der Waals surface area contributed by atoms with Crippen LogP contribution < -0.4 is 5.32 Å². The molecule has 5 heteroatoms. The van der Waals surface area contributed by atoms with Gasteiger partial charge in [-0.05, 0) is 26.1 Å². The highest BCUT2D eigenvalue weighted by Crippen LogP contribution is 2.15. The van der Waals surface area contributed by atoms with Crippen molar-refractivity contribution < 1.29 is 4.79 Å². The summed E-state index contributed by atoms with van der Waals surface area (Å²) in [4.78, 5) is 16.7. The molecule has 1 atom stereocenters. The molecule has 0 spiro atoms. The average molecular weight is 272 g/mol. The Labute approximate surface area is 119 Å². The first-order chi connectivity index (χ1) is 9.61. The molecule has 2 rings (SSSR count). The van der Waals surface area contributed by atoms with E-state index in [0.29, 0.717) is 11.3 Å². The van der Waals surface area contributed by atoms with Gasteiger partial charge in [0, 0.05) is 26.2 Å². The zero-order valence-corrected chi connectivity index (χ0v) is 12.0. The number of hydrogen-bond acceptors (Lipinski definition) is 4. The number of piperazine rings is 1. The number of rotatable bonds is 3. The van der Waals surface area contributed by atoms with Gasteiger partial charge in [0.1, 0.15) is 6.07 Å². The molecule has 0 saturated carbocycles. The van der Waals surface area contributed by atoms with E-state index in [2.05, 4.69) is 28.2 Å². The normalized spacial score (nSPS) is 18.2. The molecule has 1 amide bonds. The Kier molecular flexibility index (Phi) is 4.72. The Morgan fingerprint density at radius 2 is 1.95 bits per heavy atom. The minimum absolute atomic E-state index is 0.0581. The Balaban J connectivity index is 1.99. The van der Waals surface area contributed by atoms with Crippen molar-refractivity contribution >= 4 is 11.6 Å². The van der Waals surface area contributed by atoms with Gasteiger partial charge < -0.3 is 10.2 Å². The highest BCUT2D eigenvalue weighted by molar-refractivity contribution is 5.95. The first kappa shape index (κ1) is 14.5. The van der Waals surface area contributed by atoms with E-state index in [1.807, 2.05) is 13.0 Å². The van der Waals surface area contributed by atoms with Crippen LogP contribution >= 0.6 is 0 Å². The summed E-state index contributed by atoms with van der Waals surface area (Å²) in [6.45, 7) is 5.66. The zero-order valence-electron chi connectivity index (χ0n) is 12.0. The van der Waals surface area contributed by atoms with Gasteiger partial charge in [-0.2, -0.15) is 5.26 Å². The average Bonchev–Trinajstić information content (AvgIpc) is 2.48. The van der Waals surface area contributed by atoms with Crippen LogP contribution in [0.3, 0.4) is 0 Å². The van der Waals surface area contributed by atoms with Gasteiger partial charge in [-0.25, -0.2) is 0 Å². The van der Waals surface area contributed by atoms with Gasteiger partial charge in [0.25, 0.3) is 0 Å². The molecular weight excluding hydrogens is 252 g/mol. The maximum atomic E-state index is 12.3. The quantitative estimate of drug-likeness (QED) is 0.896. The summed E-state index contributed by atoms with van der Waals surface area (Å²) in [5.74, 6) is -0.0581. The van der Waals surface area contributed by atoms with E-state index in [9.17, 15) is 4.79 Å². The molecule has 0 unspecified atom stereocenters. The Morgan fingerprint density at radius 3 is 2.60 bits per heavy atom. The molecule has 0 bridgehead atoms. The molecule has 0 aliphatic carbocycles. The third-order valence-electron chi connectivity index (χ3n) is 3.77. The zero-order chi connectivity index (χ0) is 14.5. The number of nitrogens with zero attached hydrogens (tertiary/aromatic N) is 3. The number of carbonyl (C=O) groups is 1. The molecule has 1 fully saturated rings. The van der Waals surface area contributed by atoms with Gasteiger partial charge in [-0.15, -0.1) is 0 Å². The van der Waals surface area contributed by atoms with Gasteiger partial charge in [0.2, 0.25) is 5.91 Å². The van der Waals surface area contributed by atoms with Crippen molar-refractivity contribution in [2.45, 2.75) is 13.0 Å². The summed E-state index contributed by atoms with van der Waals surface area (Å²) >= 11 is 0. The van der Waals surface area contributed by atoms with E-state index >= 15 is 0 Å². The number of nitriles is 1. The predicted molar refractivity (Wildman–Crippen MR) is 78.3 cm³/mol. The predicted octanol–water partition coefficient (Wildman–Crippen LogP) is 1.13. The van der Waals surface area contributed by atoms with Crippen LogP contribution in [0.4, 0.5) is 5.69 Å². The molecule has 1 N–H and O–H groups in total. The van der Waals surface area contributed by atoms with E-state index < -0.39 is 0 Å². The SMILES string of the molecule is C[C@@H](C(=O)Nc1ccccc1C#N)N1CCN(C)CC1. The third-order valence-corrected chi connectivity index (χ3v) is 3.77.